The number of hydrogen-bond donors (Lipinski definition) is 2. The lowest BCUT2D eigenvalue weighted by Crippen LogP contribution is -2.28. The van der Waals surface area contributed by atoms with Gasteiger partial charge in [-0.3, -0.25) is 19.0 Å². The van der Waals surface area contributed by atoms with Crippen molar-refractivity contribution in [1.82, 2.24) is 9.55 Å². The molecule has 126 valence electrons. The van der Waals surface area contributed by atoms with Gasteiger partial charge in [0.05, 0.1) is 28.5 Å². The van der Waals surface area contributed by atoms with E-state index in [9.17, 15) is 14.4 Å². The summed E-state index contributed by atoms with van der Waals surface area (Å²) in [4.78, 5) is 40.4. The molecule has 0 aliphatic carbocycles. The van der Waals surface area contributed by atoms with E-state index in [0.717, 1.165) is 3.57 Å². The van der Waals surface area contributed by atoms with Gasteiger partial charge in [0.25, 0.3) is 11.5 Å². The van der Waals surface area contributed by atoms with Crippen molar-refractivity contribution < 1.29 is 9.59 Å². The molecule has 0 unspecified atom stereocenters. The largest absolute Gasteiger partial charge is 0.366 e. The average Bonchev–Trinajstić information content (AvgIpc) is 2.58. The standard InChI is InChI=1S/C17H13IN4O3/c18-10-5-6-13-12(7-10)17(25)22(9-20-13)8-15(23)21-14-4-2-1-3-11(14)16(19)24/h1-7,9H,8H2,(H2,19,24)(H,21,23). The summed E-state index contributed by atoms with van der Waals surface area (Å²) in [5.74, 6) is -1.10. The first-order valence-corrected chi connectivity index (χ1v) is 8.37. The van der Waals surface area contributed by atoms with Crippen molar-refractivity contribution in [3.8, 4) is 0 Å². The van der Waals surface area contributed by atoms with E-state index >= 15 is 0 Å². The molecule has 0 saturated heterocycles. The highest BCUT2D eigenvalue weighted by Crippen LogP contribution is 2.14. The minimum Gasteiger partial charge on any atom is -0.366 e. The Morgan fingerprint density at radius 3 is 2.72 bits per heavy atom. The lowest BCUT2D eigenvalue weighted by atomic mass is 10.1. The molecular weight excluding hydrogens is 435 g/mol. The van der Waals surface area contributed by atoms with E-state index in [2.05, 4.69) is 32.9 Å². The average molecular weight is 448 g/mol. The first-order valence-electron chi connectivity index (χ1n) is 7.29. The molecule has 0 radical (unpaired) electrons. The molecule has 0 saturated carbocycles. The second-order valence-electron chi connectivity index (χ2n) is 5.30. The van der Waals surface area contributed by atoms with Crippen LogP contribution in [0.1, 0.15) is 10.4 Å². The van der Waals surface area contributed by atoms with Crippen LogP contribution in [0, 0.1) is 3.57 Å². The maximum atomic E-state index is 12.5. The van der Waals surface area contributed by atoms with Gasteiger partial charge in [0.15, 0.2) is 0 Å². The molecule has 2 aromatic carbocycles. The highest BCUT2D eigenvalue weighted by atomic mass is 127. The third kappa shape index (κ3) is 3.68. The van der Waals surface area contributed by atoms with Crippen LogP contribution in [-0.2, 0) is 11.3 Å². The molecule has 0 atom stereocenters. The minimum absolute atomic E-state index is 0.203. The van der Waals surface area contributed by atoms with Crippen LogP contribution in [0.3, 0.4) is 0 Å². The van der Waals surface area contributed by atoms with Crippen molar-refractivity contribution in [3.05, 3.63) is 68.3 Å². The smallest absolute Gasteiger partial charge is 0.261 e. The van der Waals surface area contributed by atoms with Gasteiger partial charge < -0.3 is 11.1 Å². The quantitative estimate of drug-likeness (QED) is 0.593. The monoisotopic (exact) mass is 448 g/mol. The fourth-order valence-corrected chi connectivity index (χ4v) is 2.89. The lowest BCUT2D eigenvalue weighted by Gasteiger charge is -2.10. The Labute approximate surface area is 156 Å². The Morgan fingerprint density at radius 1 is 1.20 bits per heavy atom. The van der Waals surface area contributed by atoms with Gasteiger partial charge in [-0.2, -0.15) is 0 Å². The van der Waals surface area contributed by atoms with Crippen molar-refractivity contribution in [3.63, 3.8) is 0 Å². The predicted molar refractivity (Wildman–Crippen MR) is 102 cm³/mol. The summed E-state index contributed by atoms with van der Waals surface area (Å²) in [6.07, 6.45) is 1.33. The Kier molecular flexibility index (Phi) is 4.79. The highest BCUT2D eigenvalue weighted by molar-refractivity contribution is 14.1. The zero-order chi connectivity index (χ0) is 18.0. The Morgan fingerprint density at radius 2 is 1.96 bits per heavy atom. The van der Waals surface area contributed by atoms with Gasteiger partial charge in [-0.25, -0.2) is 4.98 Å². The second kappa shape index (κ2) is 7.01. The van der Waals surface area contributed by atoms with Gasteiger partial charge in [-0.1, -0.05) is 12.1 Å². The molecular formula is C17H13IN4O3. The van der Waals surface area contributed by atoms with Crippen LogP contribution in [0.15, 0.2) is 53.6 Å². The molecule has 0 fully saturated rings. The number of nitrogens with one attached hydrogen (secondary N) is 1. The predicted octanol–water partition coefficient (Wildman–Crippen LogP) is 1.74. The third-order valence-electron chi connectivity index (χ3n) is 3.57. The van der Waals surface area contributed by atoms with Crippen LogP contribution < -0.4 is 16.6 Å². The fraction of sp³-hybridized carbons (Fsp3) is 0.0588. The Hall–Kier alpha value is -2.75. The van der Waals surface area contributed by atoms with Crippen LogP contribution in [0.25, 0.3) is 10.9 Å². The molecule has 8 heteroatoms. The number of amides is 2. The minimum atomic E-state index is -0.644. The molecule has 1 aromatic heterocycles. The first kappa shape index (κ1) is 17.1. The molecule has 3 aromatic rings. The van der Waals surface area contributed by atoms with Gasteiger partial charge in [-0.15, -0.1) is 0 Å². The molecule has 0 bridgehead atoms. The van der Waals surface area contributed by atoms with E-state index in [1.165, 1.54) is 17.0 Å². The summed E-state index contributed by atoms with van der Waals surface area (Å²) in [6, 6.07) is 11.7. The molecule has 0 spiro atoms. The summed E-state index contributed by atoms with van der Waals surface area (Å²) < 4.78 is 2.13. The number of fused-ring (bicyclic) bond motifs is 1. The fourth-order valence-electron chi connectivity index (χ4n) is 2.40. The number of anilines is 1. The lowest BCUT2D eigenvalue weighted by molar-refractivity contribution is -0.116. The van der Waals surface area contributed by atoms with E-state index in [1.807, 2.05) is 6.07 Å². The number of nitrogens with zero attached hydrogens (tertiary/aromatic N) is 2. The van der Waals surface area contributed by atoms with Gasteiger partial charge in [0.1, 0.15) is 6.54 Å². The number of carbonyl (C=O) groups is 2. The number of primary amides is 1. The Bertz CT molecular complexity index is 1050. The van der Waals surface area contributed by atoms with Crippen molar-refractivity contribution in [1.29, 1.82) is 0 Å². The van der Waals surface area contributed by atoms with Crippen LogP contribution >= 0.6 is 22.6 Å². The third-order valence-corrected chi connectivity index (χ3v) is 4.24. The highest BCUT2D eigenvalue weighted by Gasteiger charge is 2.12. The van der Waals surface area contributed by atoms with Crippen molar-refractivity contribution in [2.75, 3.05) is 5.32 Å². The molecule has 3 N–H and O–H groups in total. The second-order valence-corrected chi connectivity index (χ2v) is 6.54. The normalized spacial score (nSPS) is 10.6. The van der Waals surface area contributed by atoms with Crippen LogP contribution in [0.5, 0.6) is 0 Å². The maximum Gasteiger partial charge on any atom is 0.261 e. The molecule has 0 aliphatic rings. The van der Waals surface area contributed by atoms with E-state index in [4.69, 9.17) is 5.73 Å². The van der Waals surface area contributed by atoms with Crippen LogP contribution in [0.2, 0.25) is 0 Å². The number of aromatic nitrogens is 2. The topological polar surface area (TPSA) is 107 Å². The number of benzene rings is 2. The number of halogens is 1. The van der Waals surface area contributed by atoms with Crippen molar-refractivity contribution in [2.24, 2.45) is 5.73 Å². The Balaban J connectivity index is 1.87. The van der Waals surface area contributed by atoms with Gasteiger partial charge in [-0.05, 0) is 52.9 Å². The molecule has 2 amide bonds. The van der Waals surface area contributed by atoms with Gasteiger partial charge in [0.2, 0.25) is 5.91 Å². The molecule has 0 aliphatic heterocycles. The number of para-hydroxylation sites is 1. The summed E-state index contributed by atoms with van der Waals surface area (Å²) in [7, 11) is 0. The molecule has 3 rings (SSSR count). The van der Waals surface area contributed by atoms with Crippen molar-refractivity contribution >= 4 is 51.0 Å². The molecule has 1 heterocycles. The zero-order valence-corrected chi connectivity index (χ0v) is 15.1. The van der Waals surface area contributed by atoms with Crippen LogP contribution in [-0.4, -0.2) is 21.4 Å². The van der Waals surface area contributed by atoms with E-state index in [-0.39, 0.29) is 17.7 Å². The van der Waals surface area contributed by atoms with Crippen LogP contribution in [0.4, 0.5) is 5.69 Å². The SMILES string of the molecule is NC(=O)c1ccccc1NC(=O)Cn1cnc2ccc(I)cc2c1=O. The number of carbonyl (C=O) groups excluding carboxylic acids is 2. The number of hydrogen-bond acceptors (Lipinski definition) is 4. The summed E-state index contributed by atoms with van der Waals surface area (Å²) in [5, 5.41) is 3.04. The van der Waals surface area contributed by atoms with E-state index < -0.39 is 11.8 Å². The summed E-state index contributed by atoms with van der Waals surface area (Å²) in [5.41, 5.74) is 6.06. The molecule has 7 nitrogen and oxygen atoms in total. The van der Waals surface area contributed by atoms with Gasteiger partial charge in [0, 0.05) is 3.57 Å². The number of nitrogens with two attached hydrogens (primary N) is 1. The summed E-state index contributed by atoms with van der Waals surface area (Å²) in [6.45, 7) is -0.222. The zero-order valence-electron chi connectivity index (χ0n) is 12.9. The van der Waals surface area contributed by atoms with Gasteiger partial charge >= 0.3 is 0 Å². The van der Waals surface area contributed by atoms with E-state index in [0.29, 0.717) is 16.6 Å². The van der Waals surface area contributed by atoms with E-state index in [1.54, 1.807) is 30.3 Å². The molecule has 25 heavy (non-hydrogen) atoms. The first-order chi connectivity index (χ1) is 12.0. The summed E-state index contributed by atoms with van der Waals surface area (Å²) >= 11 is 2.11. The van der Waals surface area contributed by atoms with Crippen molar-refractivity contribution in [2.45, 2.75) is 6.54 Å². The number of rotatable bonds is 4. The maximum absolute atomic E-state index is 12.5.